The first-order valence-electron chi connectivity index (χ1n) is 12.2. The van der Waals surface area contributed by atoms with E-state index in [0.717, 1.165) is 55.5 Å². The standard InChI is InChI=1S/C33H19N4.Pd/c1-4-11-28-23(8-1)18-20-35(28)25-16-17-27-26-10-3-6-13-30(26)37(31(27)22-25)33-15-7-14-32(34-33)36-21-19-24-9-2-5-12-29(24)36;/h1-11,13-19,21H;/q-3;. The van der Waals surface area contributed by atoms with E-state index in [1.54, 1.807) is 0 Å². The third kappa shape index (κ3) is 3.37. The van der Waals surface area contributed by atoms with E-state index in [9.17, 15) is 0 Å². The Morgan fingerprint density at radius 3 is 2.39 bits per heavy atom. The van der Waals surface area contributed by atoms with Gasteiger partial charge in [0.25, 0.3) is 0 Å². The molecule has 0 unspecified atom stereocenters. The first kappa shape index (κ1) is 22.7. The fourth-order valence-electron chi connectivity index (χ4n) is 5.34. The number of pyridine rings is 1. The number of rotatable bonds is 3. The zero-order chi connectivity index (χ0) is 24.3. The van der Waals surface area contributed by atoms with Crippen molar-refractivity contribution >= 4 is 43.6 Å². The molecular weight excluding hydrogens is 559 g/mol. The van der Waals surface area contributed by atoms with Gasteiger partial charge in [-0.1, -0.05) is 71.3 Å². The molecule has 0 fully saturated rings. The minimum Gasteiger partial charge on any atom is -0.465 e. The summed E-state index contributed by atoms with van der Waals surface area (Å²) in [5, 5.41) is 4.61. The SMILES string of the molecule is [Pd].[c-]1cccc2ccn(-c3cccc(-n4c5[c-]c(-n6[c-]cc7ccccc76)ccc5c5ccccc54)n3)c12. The Hall–Kier alpha value is -4.43. The van der Waals surface area contributed by atoms with Crippen molar-refractivity contribution in [2.24, 2.45) is 0 Å². The Morgan fingerprint density at radius 1 is 0.632 bits per heavy atom. The fourth-order valence-corrected chi connectivity index (χ4v) is 5.34. The number of hydrogen-bond acceptors (Lipinski definition) is 1. The number of hydrogen-bond donors (Lipinski definition) is 0. The van der Waals surface area contributed by atoms with E-state index in [4.69, 9.17) is 4.98 Å². The molecule has 8 aromatic rings. The summed E-state index contributed by atoms with van der Waals surface area (Å²) in [6, 6.07) is 44.5. The van der Waals surface area contributed by atoms with Gasteiger partial charge in [0.15, 0.2) is 0 Å². The summed E-state index contributed by atoms with van der Waals surface area (Å²) >= 11 is 0. The predicted molar refractivity (Wildman–Crippen MR) is 149 cm³/mol. The fraction of sp³-hybridized carbons (Fsp3) is 0. The summed E-state index contributed by atoms with van der Waals surface area (Å²) in [5.41, 5.74) is 5.15. The molecule has 4 aromatic carbocycles. The van der Waals surface area contributed by atoms with Gasteiger partial charge in [-0.2, -0.15) is 48.2 Å². The van der Waals surface area contributed by atoms with Crippen molar-refractivity contribution < 1.29 is 20.4 Å². The van der Waals surface area contributed by atoms with Gasteiger partial charge in [-0.15, -0.1) is 28.3 Å². The van der Waals surface area contributed by atoms with E-state index in [-0.39, 0.29) is 20.4 Å². The second-order valence-corrected chi connectivity index (χ2v) is 9.14. The molecule has 0 N–H and O–H groups in total. The summed E-state index contributed by atoms with van der Waals surface area (Å²) in [7, 11) is 0. The molecule has 184 valence electrons. The molecule has 0 bridgehead atoms. The first-order valence-corrected chi connectivity index (χ1v) is 12.2. The van der Waals surface area contributed by atoms with Gasteiger partial charge in [-0.25, -0.2) is 4.98 Å². The van der Waals surface area contributed by atoms with Crippen molar-refractivity contribution in [3.05, 3.63) is 134 Å². The Bertz CT molecular complexity index is 2110. The minimum atomic E-state index is 0. The van der Waals surface area contributed by atoms with Crippen LogP contribution in [0.1, 0.15) is 0 Å². The van der Waals surface area contributed by atoms with Gasteiger partial charge in [0.2, 0.25) is 0 Å². The zero-order valence-electron chi connectivity index (χ0n) is 20.1. The van der Waals surface area contributed by atoms with Crippen LogP contribution in [-0.4, -0.2) is 18.7 Å². The zero-order valence-corrected chi connectivity index (χ0v) is 21.6. The van der Waals surface area contributed by atoms with Gasteiger partial charge in [0.05, 0.1) is 0 Å². The van der Waals surface area contributed by atoms with Crippen molar-refractivity contribution in [1.82, 2.24) is 18.7 Å². The van der Waals surface area contributed by atoms with Crippen molar-refractivity contribution in [2.45, 2.75) is 0 Å². The van der Waals surface area contributed by atoms with Crippen LogP contribution in [0.2, 0.25) is 0 Å². The topological polar surface area (TPSA) is 27.7 Å². The van der Waals surface area contributed by atoms with Gasteiger partial charge >= 0.3 is 0 Å². The number of para-hydroxylation sites is 3. The molecule has 5 heteroatoms. The van der Waals surface area contributed by atoms with E-state index in [2.05, 4.69) is 123 Å². The van der Waals surface area contributed by atoms with Crippen molar-refractivity contribution in [1.29, 1.82) is 0 Å². The minimum absolute atomic E-state index is 0. The van der Waals surface area contributed by atoms with Gasteiger partial charge in [0.1, 0.15) is 11.6 Å². The molecule has 4 heterocycles. The number of benzene rings is 4. The molecule has 0 aliphatic carbocycles. The van der Waals surface area contributed by atoms with Crippen molar-refractivity contribution in [3.8, 4) is 17.3 Å². The Kier molecular flexibility index (Phi) is 5.30. The maximum absolute atomic E-state index is 5.12. The molecule has 0 amide bonds. The molecule has 0 saturated heterocycles. The quantitative estimate of drug-likeness (QED) is 0.158. The Labute approximate surface area is 233 Å². The van der Waals surface area contributed by atoms with Crippen LogP contribution in [-0.2, 0) is 20.4 Å². The molecule has 4 aromatic heterocycles. The third-order valence-electron chi connectivity index (χ3n) is 7.04. The maximum atomic E-state index is 5.12. The Balaban J connectivity index is 0.00000242. The summed E-state index contributed by atoms with van der Waals surface area (Å²) < 4.78 is 6.37. The normalized spacial score (nSPS) is 11.5. The van der Waals surface area contributed by atoms with Gasteiger partial charge in [-0.3, -0.25) is 0 Å². The molecule has 38 heavy (non-hydrogen) atoms. The molecular formula is C33H19N4Pd-3. The van der Waals surface area contributed by atoms with E-state index in [1.807, 2.05) is 24.3 Å². The van der Waals surface area contributed by atoms with Crippen LogP contribution in [0.3, 0.4) is 0 Å². The van der Waals surface area contributed by atoms with Gasteiger partial charge < -0.3 is 13.7 Å². The van der Waals surface area contributed by atoms with Gasteiger partial charge in [0, 0.05) is 25.9 Å². The molecule has 0 aliphatic heterocycles. The molecule has 0 radical (unpaired) electrons. The number of aromatic nitrogens is 4. The van der Waals surface area contributed by atoms with Crippen LogP contribution in [0, 0.1) is 18.3 Å². The summed E-state index contributed by atoms with van der Waals surface area (Å²) in [5.74, 6) is 1.69. The van der Waals surface area contributed by atoms with Crippen LogP contribution in [0.5, 0.6) is 0 Å². The predicted octanol–water partition coefficient (Wildman–Crippen LogP) is 7.46. The second kappa shape index (κ2) is 8.85. The molecule has 0 atom stereocenters. The van der Waals surface area contributed by atoms with E-state index >= 15 is 0 Å². The van der Waals surface area contributed by atoms with Crippen LogP contribution < -0.4 is 0 Å². The van der Waals surface area contributed by atoms with Gasteiger partial charge in [-0.05, 0) is 29.8 Å². The molecule has 8 rings (SSSR count). The molecule has 0 spiro atoms. The summed E-state index contributed by atoms with van der Waals surface area (Å²) in [6.45, 7) is 0. The maximum Gasteiger partial charge on any atom is 0.138 e. The van der Waals surface area contributed by atoms with Crippen molar-refractivity contribution in [3.63, 3.8) is 0 Å². The van der Waals surface area contributed by atoms with E-state index < -0.39 is 0 Å². The summed E-state index contributed by atoms with van der Waals surface area (Å²) in [4.78, 5) is 5.12. The van der Waals surface area contributed by atoms with Crippen LogP contribution in [0.15, 0.2) is 115 Å². The monoisotopic (exact) mass is 577 g/mol. The average Bonchev–Trinajstić information content (AvgIpc) is 3.66. The van der Waals surface area contributed by atoms with E-state index in [1.165, 1.54) is 5.39 Å². The number of fused-ring (bicyclic) bond motifs is 5. The molecule has 0 aliphatic rings. The molecule has 4 nitrogen and oxygen atoms in total. The Morgan fingerprint density at radius 2 is 1.45 bits per heavy atom. The van der Waals surface area contributed by atoms with E-state index in [0.29, 0.717) is 0 Å². The third-order valence-corrected chi connectivity index (χ3v) is 7.04. The largest absolute Gasteiger partial charge is 0.465 e. The van der Waals surface area contributed by atoms with Crippen LogP contribution >= 0.6 is 0 Å². The first-order chi connectivity index (χ1) is 18.3. The van der Waals surface area contributed by atoms with Crippen LogP contribution in [0.25, 0.3) is 60.9 Å². The average molecular weight is 578 g/mol. The smallest absolute Gasteiger partial charge is 0.138 e. The van der Waals surface area contributed by atoms with Crippen LogP contribution in [0.4, 0.5) is 0 Å². The molecule has 0 saturated carbocycles. The summed E-state index contributed by atoms with van der Waals surface area (Å²) in [6.07, 6.45) is 5.44. The second-order valence-electron chi connectivity index (χ2n) is 9.14. The number of nitrogens with zero attached hydrogens (tertiary/aromatic N) is 4. The van der Waals surface area contributed by atoms with Crippen molar-refractivity contribution in [2.75, 3.05) is 0 Å².